The second kappa shape index (κ2) is 5.34. The first-order valence-electron chi connectivity index (χ1n) is 9.75. The molecule has 0 amide bonds. The Bertz CT molecular complexity index is 980. The number of aryl methyl sites for hydroxylation is 2. The van der Waals surface area contributed by atoms with Gasteiger partial charge in [-0.15, -0.1) is 0 Å². The average molecular weight is 331 g/mol. The zero-order chi connectivity index (χ0) is 18.0. The minimum Gasteiger partial charge on any atom is -0.0646 e. The Labute approximate surface area is 152 Å². The van der Waals surface area contributed by atoms with Crippen LogP contribution in [0, 0.1) is 0 Å². The van der Waals surface area contributed by atoms with Gasteiger partial charge in [0.05, 0.1) is 0 Å². The quantitative estimate of drug-likeness (QED) is 0.440. The number of hydrogen-bond acceptors (Lipinski definition) is 0. The molecule has 0 heterocycles. The normalized spacial score (nSPS) is 14.6. The topological polar surface area (TPSA) is 0 Å². The van der Waals surface area contributed by atoms with Gasteiger partial charge < -0.3 is 0 Å². The van der Waals surface area contributed by atoms with Crippen molar-refractivity contribution in [2.45, 2.75) is 71.6 Å². The van der Waals surface area contributed by atoms with Gasteiger partial charge >= 0.3 is 0 Å². The van der Waals surface area contributed by atoms with Gasteiger partial charge in [-0.05, 0) is 73.9 Å². The van der Waals surface area contributed by atoms with Gasteiger partial charge in [0.25, 0.3) is 0 Å². The summed E-state index contributed by atoms with van der Waals surface area (Å²) >= 11 is 0. The smallest absolute Gasteiger partial charge is 0.00673 e. The van der Waals surface area contributed by atoms with Crippen LogP contribution in [0.4, 0.5) is 0 Å². The maximum atomic E-state index is 2.39. The summed E-state index contributed by atoms with van der Waals surface area (Å²) in [6.07, 6.45) is 3.53. The zero-order valence-corrected chi connectivity index (χ0v) is 16.6. The Morgan fingerprint density at radius 1 is 0.760 bits per heavy atom. The van der Waals surface area contributed by atoms with Crippen LogP contribution in [0.3, 0.4) is 0 Å². The SMILES string of the molecule is CCC(C)(C)c1ccc2ccc3c(C(C)(C)C)ccc4c3c2c1CC4. The third-order valence-corrected chi connectivity index (χ3v) is 6.42. The lowest BCUT2D eigenvalue weighted by molar-refractivity contribution is 0.501. The van der Waals surface area contributed by atoms with E-state index in [9.17, 15) is 0 Å². The van der Waals surface area contributed by atoms with E-state index in [0.29, 0.717) is 0 Å². The molecule has 0 aliphatic heterocycles. The molecule has 0 unspecified atom stereocenters. The molecule has 0 spiro atoms. The summed E-state index contributed by atoms with van der Waals surface area (Å²) in [5, 5.41) is 5.93. The predicted octanol–water partition coefficient (Wildman–Crippen LogP) is 7.08. The van der Waals surface area contributed by atoms with Crippen LogP contribution in [0.1, 0.15) is 70.2 Å². The van der Waals surface area contributed by atoms with Crippen molar-refractivity contribution in [1.82, 2.24) is 0 Å². The fourth-order valence-corrected chi connectivity index (χ4v) is 4.61. The molecular formula is C25H30. The Balaban J connectivity index is 2.18. The highest BCUT2D eigenvalue weighted by Gasteiger charge is 2.27. The Kier molecular flexibility index (Phi) is 3.55. The summed E-state index contributed by atoms with van der Waals surface area (Å²) in [7, 11) is 0. The molecule has 130 valence electrons. The van der Waals surface area contributed by atoms with E-state index in [0.717, 1.165) is 0 Å². The highest BCUT2D eigenvalue weighted by atomic mass is 14.3. The molecule has 0 saturated heterocycles. The van der Waals surface area contributed by atoms with E-state index in [1.54, 1.807) is 11.1 Å². The standard InChI is InChI=1S/C25H30/c1-7-25(5,6)21-15-11-17-8-12-18-20(24(2,3)4)14-10-16-9-13-19(21)23(17)22(16)18/h8,10-12,14-15H,7,9,13H2,1-6H3. The van der Waals surface area contributed by atoms with Crippen LogP contribution in [-0.2, 0) is 23.7 Å². The minimum absolute atomic E-state index is 0.171. The molecule has 1 aliphatic rings. The molecule has 0 radical (unpaired) electrons. The first-order valence-corrected chi connectivity index (χ1v) is 9.75. The average Bonchev–Trinajstić information content (AvgIpc) is 2.58. The minimum atomic E-state index is 0.171. The number of benzene rings is 3. The van der Waals surface area contributed by atoms with E-state index < -0.39 is 0 Å². The van der Waals surface area contributed by atoms with E-state index in [1.165, 1.54) is 51.9 Å². The van der Waals surface area contributed by atoms with Gasteiger partial charge in [0, 0.05) is 0 Å². The van der Waals surface area contributed by atoms with E-state index in [-0.39, 0.29) is 10.8 Å². The molecular weight excluding hydrogens is 300 g/mol. The fraction of sp³-hybridized carbons (Fsp3) is 0.440. The van der Waals surface area contributed by atoms with Crippen LogP contribution in [-0.4, -0.2) is 0 Å². The van der Waals surface area contributed by atoms with Crippen molar-refractivity contribution in [3.63, 3.8) is 0 Å². The van der Waals surface area contributed by atoms with Crippen LogP contribution in [0.5, 0.6) is 0 Å². The van der Waals surface area contributed by atoms with Gasteiger partial charge in [0.1, 0.15) is 0 Å². The highest BCUT2D eigenvalue weighted by molar-refractivity contribution is 6.13. The van der Waals surface area contributed by atoms with Crippen LogP contribution in [0.25, 0.3) is 21.5 Å². The van der Waals surface area contributed by atoms with E-state index in [1.807, 2.05) is 0 Å². The summed E-state index contributed by atoms with van der Waals surface area (Å²) in [4.78, 5) is 0. The lowest BCUT2D eigenvalue weighted by Crippen LogP contribution is -2.20. The Hall–Kier alpha value is -1.82. The monoisotopic (exact) mass is 330 g/mol. The Morgan fingerprint density at radius 3 is 2.12 bits per heavy atom. The molecule has 4 rings (SSSR count). The van der Waals surface area contributed by atoms with Crippen molar-refractivity contribution in [1.29, 1.82) is 0 Å². The van der Waals surface area contributed by atoms with E-state index >= 15 is 0 Å². The summed E-state index contributed by atoms with van der Waals surface area (Å²) < 4.78 is 0. The van der Waals surface area contributed by atoms with Gasteiger partial charge in [-0.25, -0.2) is 0 Å². The molecule has 3 aromatic rings. The first-order chi connectivity index (χ1) is 11.7. The molecule has 0 fully saturated rings. The molecule has 0 N–H and O–H groups in total. The molecule has 0 bridgehead atoms. The van der Waals surface area contributed by atoms with Gasteiger partial charge in [-0.2, -0.15) is 0 Å². The van der Waals surface area contributed by atoms with Gasteiger partial charge in [0.15, 0.2) is 0 Å². The molecule has 3 aromatic carbocycles. The van der Waals surface area contributed by atoms with Gasteiger partial charge in [-0.3, -0.25) is 0 Å². The van der Waals surface area contributed by atoms with Gasteiger partial charge in [-0.1, -0.05) is 77.9 Å². The summed E-state index contributed by atoms with van der Waals surface area (Å²) in [6.45, 7) is 14.1. The lowest BCUT2D eigenvalue weighted by atomic mass is 9.73. The molecule has 0 nitrogen and oxygen atoms in total. The summed E-state index contributed by atoms with van der Waals surface area (Å²) in [6, 6.07) is 14.2. The van der Waals surface area contributed by atoms with E-state index in [4.69, 9.17) is 0 Å². The predicted molar refractivity (Wildman–Crippen MR) is 111 cm³/mol. The second-order valence-electron chi connectivity index (χ2n) is 9.44. The molecule has 0 heteroatoms. The van der Waals surface area contributed by atoms with Crippen molar-refractivity contribution in [3.8, 4) is 0 Å². The third kappa shape index (κ3) is 2.41. The molecule has 1 aliphatic carbocycles. The fourth-order valence-electron chi connectivity index (χ4n) is 4.61. The maximum absolute atomic E-state index is 2.39. The summed E-state index contributed by atoms with van der Waals surface area (Å²) in [5.41, 5.74) is 6.58. The van der Waals surface area contributed by atoms with Crippen molar-refractivity contribution in [2.24, 2.45) is 0 Å². The molecule has 0 atom stereocenters. The maximum Gasteiger partial charge on any atom is -0.00673 e. The van der Waals surface area contributed by atoms with Crippen molar-refractivity contribution < 1.29 is 0 Å². The van der Waals surface area contributed by atoms with Gasteiger partial charge in [0.2, 0.25) is 0 Å². The van der Waals surface area contributed by atoms with Crippen LogP contribution in [0.15, 0.2) is 36.4 Å². The lowest BCUT2D eigenvalue weighted by Gasteiger charge is -2.31. The third-order valence-electron chi connectivity index (χ3n) is 6.42. The molecule has 0 aromatic heterocycles. The number of hydrogen-bond donors (Lipinski definition) is 0. The van der Waals surface area contributed by atoms with Crippen LogP contribution >= 0.6 is 0 Å². The Morgan fingerprint density at radius 2 is 1.44 bits per heavy atom. The molecule has 25 heavy (non-hydrogen) atoms. The zero-order valence-electron chi connectivity index (χ0n) is 16.6. The molecule has 0 saturated carbocycles. The van der Waals surface area contributed by atoms with E-state index in [2.05, 4.69) is 77.9 Å². The van der Waals surface area contributed by atoms with Crippen molar-refractivity contribution in [3.05, 3.63) is 58.7 Å². The first kappa shape index (κ1) is 16.6. The van der Waals surface area contributed by atoms with Crippen LogP contribution < -0.4 is 0 Å². The van der Waals surface area contributed by atoms with Crippen LogP contribution in [0.2, 0.25) is 0 Å². The second-order valence-corrected chi connectivity index (χ2v) is 9.44. The largest absolute Gasteiger partial charge is 0.0646 e. The summed E-state index contributed by atoms with van der Waals surface area (Å²) in [5.74, 6) is 0. The van der Waals surface area contributed by atoms with Crippen molar-refractivity contribution in [2.75, 3.05) is 0 Å². The highest BCUT2D eigenvalue weighted by Crippen LogP contribution is 2.43. The number of rotatable bonds is 2. The van der Waals surface area contributed by atoms with Crippen molar-refractivity contribution >= 4 is 21.5 Å².